The summed E-state index contributed by atoms with van der Waals surface area (Å²) < 4.78 is 0. The second-order valence-electron chi connectivity index (χ2n) is 5.91. The number of benzene rings is 1. The third-order valence-corrected chi connectivity index (χ3v) is 4.12. The highest BCUT2D eigenvalue weighted by Gasteiger charge is 2.17. The Bertz CT molecular complexity index is 440. The smallest absolute Gasteiger partial charge is 0.0991 e. The monoisotopic (exact) mass is 271 g/mol. The van der Waals surface area contributed by atoms with Crippen LogP contribution >= 0.6 is 0 Å². The van der Waals surface area contributed by atoms with Crippen LogP contribution in [0.5, 0.6) is 0 Å². The summed E-state index contributed by atoms with van der Waals surface area (Å²) >= 11 is 0. The van der Waals surface area contributed by atoms with Crippen LogP contribution in [0.25, 0.3) is 0 Å². The second-order valence-corrected chi connectivity index (χ2v) is 5.91. The van der Waals surface area contributed by atoms with Gasteiger partial charge in [-0.2, -0.15) is 5.26 Å². The Morgan fingerprint density at radius 2 is 2.05 bits per heavy atom. The maximum absolute atomic E-state index is 8.82. The first-order valence-corrected chi connectivity index (χ1v) is 7.68. The number of nitrogens with zero attached hydrogens (tertiary/aromatic N) is 1. The number of nitriles is 1. The lowest BCUT2D eigenvalue weighted by molar-refractivity contribution is 0.334. The minimum absolute atomic E-state index is 0.321. The van der Waals surface area contributed by atoms with Gasteiger partial charge in [-0.3, -0.25) is 0 Å². The average molecular weight is 271 g/mol. The molecule has 0 spiro atoms. The molecule has 3 atom stereocenters. The molecule has 0 aliphatic carbocycles. The molecule has 0 radical (unpaired) electrons. The van der Waals surface area contributed by atoms with E-state index in [0.29, 0.717) is 18.1 Å². The molecule has 20 heavy (non-hydrogen) atoms. The minimum atomic E-state index is 0.321. The Labute approximate surface area is 122 Å². The van der Waals surface area contributed by atoms with Gasteiger partial charge < -0.3 is 10.6 Å². The van der Waals surface area contributed by atoms with E-state index in [1.807, 2.05) is 24.3 Å². The zero-order chi connectivity index (χ0) is 14.4. The number of piperidine rings is 1. The Hall–Kier alpha value is -1.37. The minimum Gasteiger partial charge on any atom is -0.314 e. The summed E-state index contributed by atoms with van der Waals surface area (Å²) in [4.78, 5) is 0. The third kappa shape index (κ3) is 4.33. The Kier molecular flexibility index (Phi) is 5.58. The molecular weight excluding hydrogens is 246 g/mol. The van der Waals surface area contributed by atoms with Gasteiger partial charge >= 0.3 is 0 Å². The molecule has 1 aliphatic heterocycles. The standard InChI is InChI=1S/C17H25N3/c1-13(11-17-5-3-4-10-19-17)20-14(2)16-8-6-15(12-18)7-9-16/h6-9,13-14,17,19-20H,3-5,10-11H2,1-2H3. The van der Waals surface area contributed by atoms with Crippen LogP contribution in [-0.4, -0.2) is 18.6 Å². The molecule has 1 heterocycles. The van der Waals surface area contributed by atoms with Gasteiger partial charge in [0.25, 0.3) is 0 Å². The summed E-state index contributed by atoms with van der Waals surface area (Å²) in [6.45, 7) is 5.62. The van der Waals surface area contributed by atoms with Crippen LogP contribution in [0.3, 0.4) is 0 Å². The molecule has 1 fully saturated rings. The Balaban J connectivity index is 1.83. The normalized spacial score (nSPS) is 21.9. The third-order valence-electron chi connectivity index (χ3n) is 4.12. The fourth-order valence-corrected chi connectivity index (χ4v) is 2.99. The zero-order valence-electron chi connectivity index (χ0n) is 12.5. The van der Waals surface area contributed by atoms with Crippen molar-refractivity contribution >= 4 is 0 Å². The predicted octanol–water partition coefficient (Wildman–Crippen LogP) is 3.13. The molecule has 0 amide bonds. The number of hydrogen-bond acceptors (Lipinski definition) is 3. The van der Waals surface area contributed by atoms with Crippen molar-refractivity contribution in [2.45, 2.75) is 57.7 Å². The topological polar surface area (TPSA) is 47.8 Å². The van der Waals surface area contributed by atoms with E-state index >= 15 is 0 Å². The van der Waals surface area contributed by atoms with Crippen LogP contribution in [0.4, 0.5) is 0 Å². The van der Waals surface area contributed by atoms with Crippen LogP contribution in [-0.2, 0) is 0 Å². The lowest BCUT2D eigenvalue weighted by Crippen LogP contribution is -2.40. The maximum atomic E-state index is 8.82. The average Bonchev–Trinajstić information content (AvgIpc) is 2.48. The van der Waals surface area contributed by atoms with Gasteiger partial charge in [0.05, 0.1) is 11.6 Å². The van der Waals surface area contributed by atoms with E-state index in [9.17, 15) is 0 Å². The van der Waals surface area contributed by atoms with Gasteiger partial charge in [-0.05, 0) is 57.4 Å². The summed E-state index contributed by atoms with van der Waals surface area (Å²) in [5, 5.41) is 16.1. The van der Waals surface area contributed by atoms with Crippen LogP contribution in [0.1, 0.15) is 56.7 Å². The molecule has 2 N–H and O–H groups in total. The van der Waals surface area contributed by atoms with Gasteiger partial charge in [-0.1, -0.05) is 18.6 Å². The summed E-state index contributed by atoms with van der Waals surface area (Å²) in [7, 11) is 0. The molecule has 0 bridgehead atoms. The highest BCUT2D eigenvalue weighted by molar-refractivity contribution is 5.32. The molecule has 1 aromatic rings. The van der Waals surface area contributed by atoms with Crippen molar-refractivity contribution in [3.63, 3.8) is 0 Å². The molecule has 0 aromatic heterocycles. The lowest BCUT2D eigenvalue weighted by atomic mass is 9.98. The van der Waals surface area contributed by atoms with Gasteiger partial charge in [-0.25, -0.2) is 0 Å². The fourth-order valence-electron chi connectivity index (χ4n) is 2.99. The van der Waals surface area contributed by atoms with E-state index in [-0.39, 0.29) is 0 Å². The summed E-state index contributed by atoms with van der Waals surface area (Å²) in [6, 6.07) is 11.5. The molecule has 2 rings (SSSR count). The van der Waals surface area contributed by atoms with Gasteiger partial charge in [0.1, 0.15) is 0 Å². The molecule has 0 saturated carbocycles. The quantitative estimate of drug-likeness (QED) is 0.865. The van der Waals surface area contributed by atoms with Crippen LogP contribution in [0.15, 0.2) is 24.3 Å². The summed E-state index contributed by atoms with van der Waals surface area (Å²) in [5.41, 5.74) is 1.97. The molecule has 1 aromatic carbocycles. The zero-order valence-corrected chi connectivity index (χ0v) is 12.5. The van der Waals surface area contributed by atoms with E-state index in [4.69, 9.17) is 5.26 Å². The van der Waals surface area contributed by atoms with Crippen molar-refractivity contribution < 1.29 is 0 Å². The van der Waals surface area contributed by atoms with Crippen LogP contribution in [0.2, 0.25) is 0 Å². The van der Waals surface area contributed by atoms with Crippen molar-refractivity contribution in [2.24, 2.45) is 0 Å². The SMILES string of the molecule is CC(CC1CCCCN1)NC(C)c1ccc(C#N)cc1. The highest BCUT2D eigenvalue weighted by Crippen LogP contribution is 2.17. The van der Waals surface area contributed by atoms with Gasteiger partial charge in [-0.15, -0.1) is 0 Å². The predicted molar refractivity (Wildman–Crippen MR) is 82.4 cm³/mol. The van der Waals surface area contributed by atoms with Crippen molar-refractivity contribution in [3.8, 4) is 6.07 Å². The van der Waals surface area contributed by atoms with E-state index in [1.54, 1.807) is 0 Å². The Morgan fingerprint density at radius 3 is 2.65 bits per heavy atom. The first kappa shape index (κ1) is 15.0. The lowest BCUT2D eigenvalue weighted by Gasteiger charge is -2.28. The number of nitrogens with one attached hydrogen (secondary N) is 2. The number of hydrogen-bond donors (Lipinski definition) is 2. The Morgan fingerprint density at radius 1 is 1.30 bits per heavy atom. The number of rotatable bonds is 5. The summed E-state index contributed by atoms with van der Waals surface area (Å²) in [5.74, 6) is 0. The summed E-state index contributed by atoms with van der Waals surface area (Å²) in [6.07, 6.45) is 5.16. The van der Waals surface area contributed by atoms with Crippen LogP contribution < -0.4 is 10.6 Å². The molecular formula is C17H25N3. The van der Waals surface area contributed by atoms with E-state index < -0.39 is 0 Å². The van der Waals surface area contributed by atoms with Crippen molar-refractivity contribution in [1.29, 1.82) is 5.26 Å². The van der Waals surface area contributed by atoms with Crippen molar-refractivity contribution in [2.75, 3.05) is 6.54 Å². The largest absolute Gasteiger partial charge is 0.314 e. The molecule has 1 saturated heterocycles. The van der Waals surface area contributed by atoms with Crippen molar-refractivity contribution in [1.82, 2.24) is 10.6 Å². The van der Waals surface area contributed by atoms with Gasteiger partial charge in [0.2, 0.25) is 0 Å². The fraction of sp³-hybridized carbons (Fsp3) is 0.588. The van der Waals surface area contributed by atoms with E-state index in [0.717, 1.165) is 5.56 Å². The van der Waals surface area contributed by atoms with Gasteiger partial charge in [0.15, 0.2) is 0 Å². The first-order chi connectivity index (χ1) is 9.69. The van der Waals surface area contributed by atoms with E-state index in [2.05, 4.69) is 30.6 Å². The van der Waals surface area contributed by atoms with Crippen LogP contribution in [0, 0.1) is 11.3 Å². The molecule has 3 heteroatoms. The van der Waals surface area contributed by atoms with Crippen molar-refractivity contribution in [3.05, 3.63) is 35.4 Å². The molecule has 3 unspecified atom stereocenters. The maximum Gasteiger partial charge on any atom is 0.0991 e. The molecule has 108 valence electrons. The second kappa shape index (κ2) is 7.42. The first-order valence-electron chi connectivity index (χ1n) is 7.68. The highest BCUT2D eigenvalue weighted by atomic mass is 15.0. The van der Waals surface area contributed by atoms with E-state index in [1.165, 1.54) is 37.8 Å². The molecule has 3 nitrogen and oxygen atoms in total. The van der Waals surface area contributed by atoms with Gasteiger partial charge in [0, 0.05) is 18.1 Å². The molecule has 1 aliphatic rings.